The van der Waals surface area contributed by atoms with Gasteiger partial charge in [-0.3, -0.25) is 0 Å². The number of hydrogen-bond acceptors (Lipinski definition) is 2. The molecule has 0 unspecified atom stereocenters. The number of thiophene rings is 2. The highest BCUT2D eigenvalue weighted by molar-refractivity contribution is 7.23. The summed E-state index contributed by atoms with van der Waals surface area (Å²) < 4.78 is 0. The highest BCUT2D eigenvalue weighted by atomic mass is 32.1. The van der Waals surface area contributed by atoms with Crippen LogP contribution in [-0.2, 0) is 0 Å². The van der Waals surface area contributed by atoms with Crippen molar-refractivity contribution in [3.8, 4) is 9.75 Å². The molecule has 0 aliphatic heterocycles. The molecule has 2 aromatic heterocycles. The monoisotopic (exact) mass is 398 g/mol. The zero-order valence-corrected chi connectivity index (χ0v) is 17.7. The van der Waals surface area contributed by atoms with Gasteiger partial charge in [-0.2, -0.15) is 0 Å². The summed E-state index contributed by atoms with van der Waals surface area (Å²) in [6.07, 6.45) is 8.76. The molecular formula is C26H22S2. The Morgan fingerprint density at radius 2 is 0.857 bits per heavy atom. The van der Waals surface area contributed by atoms with Gasteiger partial charge in [0.25, 0.3) is 0 Å². The number of benzene rings is 2. The third-order valence-corrected chi connectivity index (χ3v) is 6.83. The second kappa shape index (κ2) is 8.55. The highest BCUT2D eigenvalue weighted by Gasteiger charge is 2.04. The first kappa shape index (κ1) is 18.7. The van der Waals surface area contributed by atoms with E-state index in [1.165, 1.54) is 41.8 Å². The predicted octanol–water partition coefficient (Wildman–Crippen LogP) is 8.43. The Labute approximate surface area is 175 Å². The third-order valence-electron chi connectivity index (χ3n) is 4.53. The van der Waals surface area contributed by atoms with E-state index in [1.54, 1.807) is 0 Å². The highest BCUT2D eigenvalue weighted by Crippen LogP contribution is 2.35. The van der Waals surface area contributed by atoms with E-state index < -0.39 is 0 Å². The fourth-order valence-electron chi connectivity index (χ4n) is 2.86. The van der Waals surface area contributed by atoms with Gasteiger partial charge in [0.05, 0.1) is 0 Å². The standard InChI is InChI=1S/C26H22S2/c1-19-3-7-21(8-4-19)11-13-23-15-17-25(27-23)26-18-16-24(28-26)14-12-22-9-5-20(2)6-10-22/h3-18H,1-2H3. The van der Waals surface area contributed by atoms with Crippen LogP contribution in [0.2, 0.25) is 0 Å². The first-order valence-electron chi connectivity index (χ1n) is 9.35. The third kappa shape index (κ3) is 4.78. The van der Waals surface area contributed by atoms with Gasteiger partial charge in [-0.15, -0.1) is 22.7 Å². The molecular weight excluding hydrogens is 376 g/mol. The molecule has 4 aromatic rings. The summed E-state index contributed by atoms with van der Waals surface area (Å²) in [6.45, 7) is 4.23. The van der Waals surface area contributed by atoms with Gasteiger partial charge in [0, 0.05) is 19.5 Å². The van der Waals surface area contributed by atoms with E-state index in [2.05, 4.69) is 111 Å². The number of hydrogen-bond donors (Lipinski definition) is 0. The molecule has 0 bridgehead atoms. The maximum absolute atomic E-state index is 2.22. The lowest BCUT2D eigenvalue weighted by molar-refractivity contribution is 1.46. The lowest BCUT2D eigenvalue weighted by Crippen LogP contribution is -1.72. The van der Waals surface area contributed by atoms with Crippen molar-refractivity contribution >= 4 is 47.0 Å². The van der Waals surface area contributed by atoms with E-state index >= 15 is 0 Å². The van der Waals surface area contributed by atoms with Crippen molar-refractivity contribution < 1.29 is 0 Å². The quantitative estimate of drug-likeness (QED) is 0.316. The van der Waals surface area contributed by atoms with Crippen LogP contribution in [0.5, 0.6) is 0 Å². The van der Waals surface area contributed by atoms with E-state index in [0.29, 0.717) is 0 Å². The van der Waals surface area contributed by atoms with Crippen LogP contribution in [-0.4, -0.2) is 0 Å². The number of rotatable bonds is 5. The summed E-state index contributed by atoms with van der Waals surface area (Å²) in [5, 5.41) is 0. The van der Waals surface area contributed by atoms with E-state index in [4.69, 9.17) is 0 Å². The van der Waals surface area contributed by atoms with Gasteiger partial charge in [0.1, 0.15) is 0 Å². The minimum atomic E-state index is 1.24. The zero-order valence-electron chi connectivity index (χ0n) is 16.1. The van der Waals surface area contributed by atoms with Crippen LogP contribution < -0.4 is 0 Å². The Morgan fingerprint density at radius 1 is 0.464 bits per heavy atom. The molecule has 0 nitrogen and oxygen atoms in total. The van der Waals surface area contributed by atoms with Crippen molar-refractivity contribution in [1.29, 1.82) is 0 Å². The van der Waals surface area contributed by atoms with Crippen LogP contribution in [0.3, 0.4) is 0 Å². The Kier molecular flexibility index (Phi) is 5.70. The average Bonchev–Trinajstić information content (AvgIpc) is 3.36. The summed E-state index contributed by atoms with van der Waals surface area (Å²) >= 11 is 3.67. The van der Waals surface area contributed by atoms with Gasteiger partial charge in [-0.1, -0.05) is 71.8 Å². The van der Waals surface area contributed by atoms with Gasteiger partial charge in [-0.25, -0.2) is 0 Å². The van der Waals surface area contributed by atoms with Gasteiger partial charge in [-0.05, 0) is 61.4 Å². The van der Waals surface area contributed by atoms with E-state index in [1.807, 2.05) is 22.7 Å². The van der Waals surface area contributed by atoms with Crippen molar-refractivity contribution in [2.45, 2.75) is 13.8 Å². The molecule has 2 heteroatoms. The van der Waals surface area contributed by atoms with Gasteiger partial charge < -0.3 is 0 Å². The predicted molar refractivity (Wildman–Crippen MR) is 128 cm³/mol. The van der Waals surface area contributed by atoms with Crippen LogP contribution >= 0.6 is 22.7 Å². The molecule has 0 fully saturated rings. The minimum Gasteiger partial charge on any atom is -0.135 e. The minimum absolute atomic E-state index is 1.24. The lowest BCUT2D eigenvalue weighted by Gasteiger charge is -1.94. The maximum Gasteiger partial charge on any atom is 0.0449 e. The van der Waals surface area contributed by atoms with Crippen LogP contribution in [0.15, 0.2) is 72.8 Å². The van der Waals surface area contributed by atoms with Crippen molar-refractivity contribution in [3.63, 3.8) is 0 Å². The van der Waals surface area contributed by atoms with Crippen LogP contribution in [0.1, 0.15) is 32.0 Å². The Morgan fingerprint density at radius 3 is 1.25 bits per heavy atom. The van der Waals surface area contributed by atoms with Gasteiger partial charge in [0.2, 0.25) is 0 Å². The first-order valence-corrected chi connectivity index (χ1v) is 11.0. The molecule has 0 atom stereocenters. The summed E-state index contributed by atoms with van der Waals surface area (Å²) in [5.74, 6) is 0. The second-order valence-electron chi connectivity index (χ2n) is 6.89. The number of aryl methyl sites for hydroxylation is 2. The molecule has 0 aliphatic carbocycles. The molecule has 28 heavy (non-hydrogen) atoms. The SMILES string of the molecule is Cc1ccc(C=Cc2ccc(-c3ccc(C=Cc4ccc(C)cc4)s3)s2)cc1. The summed E-state index contributed by atoms with van der Waals surface area (Å²) in [5.41, 5.74) is 5.06. The van der Waals surface area contributed by atoms with Gasteiger partial charge >= 0.3 is 0 Å². The fourth-order valence-corrected chi connectivity index (χ4v) is 4.77. The first-order chi connectivity index (χ1) is 13.7. The largest absolute Gasteiger partial charge is 0.135 e. The topological polar surface area (TPSA) is 0 Å². The van der Waals surface area contributed by atoms with Crippen LogP contribution in [0.25, 0.3) is 34.1 Å². The van der Waals surface area contributed by atoms with Crippen LogP contribution in [0, 0.1) is 13.8 Å². The molecule has 138 valence electrons. The molecule has 0 N–H and O–H groups in total. The lowest BCUT2D eigenvalue weighted by atomic mass is 10.1. The molecule has 0 saturated heterocycles. The Hall–Kier alpha value is -2.68. The fraction of sp³-hybridized carbons (Fsp3) is 0.0769. The molecule has 2 aromatic carbocycles. The van der Waals surface area contributed by atoms with E-state index in [0.717, 1.165) is 0 Å². The molecule has 4 rings (SSSR count). The zero-order chi connectivity index (χ0) is 19.3. The van der Waals surface area contributed by atoms with Crippen molar-refractivity contribution in [1.82, 2.24) is 0 Å². The van der Waals surface area contributed by atoms with Gasteiger partial charge in [0.15, 0.2) is 0 Å². The molecule has 0 saturated carbocycles. The van der Waals surface area contributed by atoms with E-state index in [-0.39, 0.29) is 0 Å². The summed E-state index contributed by atoms with van der Waals surface area (Å²) in [6, 6.07) is 26.1. The molecule has 0 radical (unpaired) electrons. The van der Waals surface area contributed by atoms with Crippen molar-refractivity contribution in [3.05, 3.63) is 105 Å². The maximum atomic E-state index is 2.22. The molecule has 0 amide bonds. The molecule has 0 aliphatic rings. The molecule has 0 spiro atoms. The van der Waals surface area contributed by atoms with E-state index in [9.17, 15) is 0 Å². The smallest absolute Gasteiger partial charge is 0.0449 e. The normalized spacial score (nSPS) is 11.6. The Balaban J connectivity index is 1.45. The molecule has 2 heterocycles. The van der Waals surface area contributed by atoms with Crippen molar-refractivity contribution in [2.75, 3.05) is 0 Å². The second-order valence-corrected chi connectivity index (χ2v) is 9.12. The average molecular weight is 399 g/mol. The summed E-state index contributed by atoms with van der Waals surface area (Å²) in [4.78, 5) is 5.20. The van der Waals surface area contributed by atoms with Crippen molar-refractivity contribution in [2.24, 2.45) is 0 Å². The summed E-state index contributed by atoms with van der Waals surface area (Å²) in [7, 11) is 0. The van der Waals surface area contributed by atoms with Crippen LogP contribution in [0.4, 0.5) is 0 Å². The Bertz CT molecular complexity index is 1010.